The van der Waals surface area contributed by atoms with E-state index in [1.165, 1.54) is 20.0 Å². The lowest BCUT2D eigenvalue weighted by Gasteiger charge is -2.06. The lowest BCUT2D eigenvalue weighted by atomic mass is 10.1. The van der Waals surface area contributed by atoms with Crippen LogP contribution in [0.1, 0.15) is 0 Å². The topological polar surface area (TPSA) is 12.0 Å². The van der Waals surface area contributed by atoms with Crippen LogP contribution in [0.4, 0.5) is 5.69 Å². The van der Waals surface area contributed by atoms with Gasteiger partial charge in [0.1, 0.15) is 0 Å². The van der Waals surface area contributed by atoms with Crippen LogP contribution in [0.2, 0.25) is 0 Å². The van der Waals surface area contributed by atoms with Crippen molar-refractivity contribution in [3.8, 4) is 0 Å². The van der Waals surface area contributed by atoms with Gasteiger partial charge < -0.3 is 5.32 Å². The van der Waals surface area contributed by atoms with E-state index in [4.69, 9.17) is 0 Å². The Morgan fingerprint density at radius 3 is 2.46 bits per heavy atom. The van der Waals surface area contributed by atoms with Gasteiger partial charge in [-0.15, -0.1) is 0 Å². The highest BCUT2D eigenvalue weighted by Gasteiger charge is 2.01. The van der Waals surface area contributed by atoms with Gasteiger partial charge in [0.15, 0.2) is 0 Å². The second-order valence-electron chi connectivity index (χ2n) is 2.89. The van der Waals surface area contributed by atoms with E-state index in [9.17, 15) is 0 Å². The Hall–Kier alpha value is -0.770. The van der Waals surface area contributed by atoms with Crippen molar-refractivity contribution < 1.29 is 0 Å². The third-order valence-electron chi connectivity index (χ3n) is 2.12. The van der Waals surface area contributed by atoms with E-state index in [0.717, 1.165) is 0 Å². The molecule has 0 aliphatic rings. The van der Waals surface area contributed by atoms with E-state index in [1.54, 1.807) is 0 Å². The van der Waals surface area contributed by atoms with Gasteiger partial charge in [-0.05, 0) is 40.1 Å². The van der Waals surface area contributed by atoms with Gasteiger partial charge >= 0.3 is 0 Å². The van der Waals surface area contributed by atoms with Gasteiger partial charge in [-0.25, -0.2) is 0 Å². The van der Waals surface area contributed by atoms with Crippen molar-refractivity contribution in [3.63, 3.8) is 0 Å². The molecule has 2 aromatic carbocycles. The minimum atomic E-state index is 1.20. The van der Waals surface area contributed by atoms with Crippen molar-refractivity contribution in [1.82, 2.24) is 0 Å². The fourth-order valence-electron chi connectivity index (χ4n) is 1.50. The summed E-state index contributed by atoms with van der Waals surface area (Å²) < 4.78 is 1.29. The van der Waals surface area contributed by atoms with Crippen LogP contribution < -0.4 is 5.32 Å². The summed E-state index contributed by atoms with van der Waals surface area (Å²) in [6.07, 6.45) is 0. The summed E-state index contributed by atoms with van der Waals surface area (Å²) in [4.78, 5) is 0. The molecule has 66 valence electrons. The number of nitrogens with one attached hydrogen (secondary N) is 1. The molecule has 0 aliphatic heterocycles. The summed E-state index contributed by atoms with van der Waals surface area (Å²) in [5, 5.41) is 5.81. The molecular weight excluding hydrogens is 273 g/mol. The maximum Gasteiger partial charge on any atom is 0.0428 e. The zero-order valence-electron chi connectivity index (χ0n) is 7.34. The van der Waals surface area contributed by atoms with Gasteiger partial charge in [-0.2, -0.15) is 0 Å². The molecule has 0 radical (unpaired) electrons. The zero-order chi connectivity index (χ0) is 9.26. The second kappa shape index (κ2) is 3.54. The lowest BCUT2D eigenvalue weighted by Crippen LogP contribution is -1.90. The summed E-state index contributed by atoms with van der Waals surface area (Å²) >= 11 is 2.37. The molecule has 13 heavy (non-hydrogen) atoms. The number of hydrogen-bond acceptors (Lipinski definition) is 1. The van der Waals surface area contributed by atoms with Crippen LogP contribution in [0.25, 0.3) is 10.8 Å². The number of rotatable bonds is 1. The molecule has 2 heteroatoms. The van der Waals surface area contributed by atoms with Gasteiger partial charge in [0.25, 0.3) is 0 Å². The fraction of sp³-hybridized carbons (Fsp3) is 0.0909. The standard InChI is InChI=1S/C11H10IN/c1-13-10-7-3-5-8-4-2-6-9(12)11(8)10/h2-7,13H,1H3. The molecule has 2 aromatic rings. The van der Waals surface area contributed by atoms with Gasteiger partial charge in [-0.1, -0.05) is 24.3 Å². The molecule has 0 aliphatic carbocycles. The van der Waals surface area contributed by atoms with Crippen molar-refractivity contribution in [2.75, 3.05) is 12.4 Å². The monoisotopic (exact) mass is 283 g/mol. The molecule has 1 N–H and O–H groups in total. The van der Waals surface area contributed by atoms with Crippen LogP contribution in [-0.4, -0.2) is 7.05 Å². The molecule has 0 atom stereocenters. The average Bonchev–Trinajstić information content (AvgIpc) is 2.17. The molecule has 0 unspecified atom stereocenters. The number of anilines is 1. The Bertz CT molecular complexity index is 432. The quantitative estimate of drug-likeness (QED) is 0.790. The molecule has 0 spiro atoms. The third kappa shape index (κ3) is 1.50. The first-order chi connectivity index (χ1) is 6.33. The molecule has 0 saturated heterocycles. The molecular formula is C11H10IN. The van der Waals surface area contributed by atoms with Gasteiger partial charge in [0.2, 0.25) is 0 Å². The maximum atomic E-state index is 3.21. The number of benzene rings is 2. The van der Waals surface area contributed by atoms with Crippen LogP contribution in [0.3, 0.4) is 0 Å². The van der Waals surface area contributed by atoms with Crippen molar-refractivity contribution in [2.45, 2.75) is 0 Å². The van der Waals surface area contributed by atoms with E-state index in [-0.39, 0.29) is 0 Å². The maximum absolute atomic E-state index is 3.21. The van der Waals surface area contributed by atoms with Crippen LogP contribution >= 0.6 is 22.6 Å². The SMILES string of the molecule is CNc1cccc2cccc(I)c12. The van der Waals surface area contributed by atoms with E-state index in [1.807, 2.05) is 7.05 Å². The minimum Gasteiger partial charge on any atom is -0.388 e. The third-order valence-corrected chi connectivity index (χ3v) is 3.02. The first kappa shape index (κ1) is 8.81. The molecule has 1 nitrogen and oxygen atoms in total. The highest BCUT2D eigenvalue weighted by atomic mass is 127. The number of hydrogen-bond donors (Lipinski definition) is 1. The normalized spacial score (nSPS) is 10.3. The lowest BCUT2D eigenvalue weighted by molar-refractivity contribution is 1.54. The summed E-state index contributed by atoms with van der Waals surface area (Å²) in [6.45, 7) is 0. The number of fused-ring (bicyclic) bond motifs is 1. The van der Waals surface area contributed by atoms with E-state index in [0.29, 0.717) is 0 Å². The van der Waals surface area contributed by atoms with Gasteiger partial charge in [-0.3, -0.25) is 0 Å². The highest BCUT2D eigenvalue weighted by Crippen LogP contribution is 2.27. The second-order valence-corrected chi connectivity index (χ2v) is 4.06. The largest absolute Gasteiger partial charge is 0.388 e. The summed E-state index contributed by atoms with van der Waals surface area (Å²) in [7, 11) is 1.96. The smallest absolute Gasteiger partial charge is 0.0428 e. The first-order valence-corrected chi connectivity index (χ1v) is 5.26. The van der Waals surface area contributed by atoms with E-state index in [2.05, 4.69) is 64.3 Å². The van der Waals surface area contributed by atoms with Crippen molar-refractivity contribution in [2.24, 2.45) is 0 Å². The molecule has 0 fully saturated rings. The van der Waals surface area contributed by atoms with Crippen LogP contribution in [0.15, 0.2) is 36.4 Å². The number of halogens is 1. The summed E-state index contributed by atoms with van der Waals surface area (Å²) in [5.41, 5.74) is 1.20. The molecule has 0 bridgehead atoms. The molecule has 2 rings (SSSR count). The van der Waals surface area contributed by atoms with Crippen LogP contribution in [0.5, 0.6) is 0 Å². The van der Waals surface area contributed by atoms with E-state index >= 15 is 0 Å². The predicted molar refractivity (Wildman–Crippen MR) is 66.2 cm³/mol. The average molecular weight is 283 g/mol. The first-order valence-electron chi connectivity index (χ1n) is 4.18. The Labute approximate surface area is 91.3 Å². The Morgan fingerprint density at radius 2 is 1.77 bits per heavy atom. The Kier molecular flexibility index (Phi) is 2.40. The predicted octanol–water partition coefficient (Wildman–Crippen LogP) is 3.49. The van der Waals surface area contributed by atoms with E-state index < -0.39 is 0 Å². The Morgan fingerprint density at radius 1 is 1.08 bits per heavy atom. The molecule has 0 aromatic heterocycles. The Balaban J connectivity index is 2.87. The molecule has 0 heterocycles. The van der Waals surface area contributed by atoms with Crippen LogP contribution in [-0.2, 0) is 0 Å². The van der Waals surface area contributed by atoms with Crippen molar-refractivity contribution in [1.29, 1.82) is 0 Å². The highest BCUT2D eigenvalue weighted by molar-refractivity contribution is 14.1. The fourth-order valence-corrected chi connectivity index (χ4v) is 2.31. The van der Waals surface area contributed by atoms with Crippen molar-refractivity contribution in [3.05, 3.63) is 40.0 Å². The summed E-state index contributed by atoms with van der Waals surface area (Å²) in [6, 6.07) is 12.7. The van der Waals surface area contributed by atoms with Gasteiger partial charge in [0, 0.05) is 21.7 Å². The van der Waals surface area contributed by atoms with Crippen molar-refractivity contribution >= 4 is 39.1 Å². The van der Waals surface area contributed by atoms with Crippen LogP contribution in [0, 0.1) is 3.57 Å². The minimum absolute atomic E-state index is 1.20. The molecule has 0 amide bonds. The summed E-state index contributed by atoms with van der Waals surface area (Å²) in [5.74, 6) is 0. The van der Waals surface area contributed by atoms with Gasteiger partial charge in [0.05, 0.1) is 0 Å². The molecule has 0 saturated carbocycles. The zero-order valence-corrected chi connectivity index (χ0v) is 9.50.